The molecule has 1 N–H and O–H groups in total. The van der Waals surface area contributed by atoms with Crippen LogP contribution in [0.1, 0.15) is 11.1 Å². The normalized spacial score (nSPS) is 10.7. The van der Waals surface area contributed by atoms with Crippen LogP contribution in [0, 0.1) is 17.0 Å². The minimum Gasteiger partial charge on any atom is -0.361 e. The van der Waals surface area contributed by atoms with Gasteiger partial charge >= 0.3 is 0 Å². The average molecular weight is 204 g/mol. The van der Waals surface area contributed by atoms with E-state index in [4.69, 9.17) is 0 Å². The first kappa shape index (κ1) is 9.71. The molecule has 0 aliphatic heterocycles. The Morgan fingerprint density at radius 3 is 3.00 bits per heavy atom. The number of aryl methyl sites for hydroxylation is 1. The number of aromatic nitrogens is 1. The van der Waals surface area contributed by atoms with E-state index in [1.807, 2.05) is 31.3 Å². The van der Waals surface area contributed by atoms with Gasteiger partial charge in [0, 0.05) is 28.4 Å². The predicted octanol–water partition coefficient (Wildman–Crippen LogP) is 2.30. The molecule has 0 atom stereocenters. The number of hydrogen-bond acceptors (Lipinski definition) is 2. The standard InChI is InChI=1S/C11H12N2O2/c1-8-3-2-4-10-9(5-6-13(14)15)7-12-11(8)10/h2-4,7,12H,5-6H2,1H3. The van der Waals surface area contributed by atoms with Crippen LogP contribution in [0.4, 0.5) is 0 Å². The third kappa shape index (κ3) is 1.83. The molecule has 1 heterocycles. The smallest absolute Gasteiger partial charge is 0.207 e. The number of H-pyrrole nitrogens is 1. The summed E-state index contributed by atoms with van der Waals surface area (Å²) in [6, 6.07) is 5.99. The van der Waals surface area contributed by atoms with Crippen LogP contribution >= 0.6 is 0 Å². The molecule has 0 bridgehead atoms. The Kier molecular flexibility index (Phi) is 2.41. The largest absolute Gasteiger partial charge is 0.361 e. The van der Waals surface area contributed by atoms with Crippen molar-refractivity contribution in [1.29, 1.82) is 0 Å². The van der Waals surface area contributed by atoms with Gasteiger partial charge in [-0.05, 0) is 18.1 Å². The van der Waals surface area contributed by atoms with Gasteiger partial charge in [0.25, 0.3) is 0 Å². The fourth-order valence-corrected chi connectivity index (χ4v) is 1.78. The van der Waals surface area contributed by atoms with Crippen LogP contribution in [0.2, 0.25) is 0 Å². The van der Waals surface area contributed by atoms with Gasteiger partial charge < -0.3 is 4.98 Å². The molecule has 0 spiro atoms. The summed E-state index contributed by atoms with van der Waals surface area (Å²) in [6.45, 7) is 2.01. The van der Waals surface area contributed by atoms with Gasteiger partial charge in [-0.1, -0.05) is 18.2 Å². The highest BCUT2D eigenvalue weighted by molar-refractivity contribution is 5.85. The summed E-state index contributed by atoms with van der Waals surface area (Å²) in [7, 11) is 0. The zero-order valence-electron chi connectivity index (χ0n) is 8.49. The number of nitro groups is 1. The van der Waals surface area contributed by atoms with Crippen LogP contribution in [0.5, 0.6) is 0 Å². The van der Waals surface area contributed by atoms with E-state index in [0.29, 0.717) is 6.42 Å². The summed E-state index contributed by atoms with van der Waals surface area (Å²) < 4.78 is 0. The van der Waals surface area contributed by atoms with Gasteiger partial charge in [-0.3, -0.25) is 10.1 Å². The van der Waals surface area contributed by atoms with E-state index in [0.717, 1.165) is 16.5 Å². The fraction of sp³-hybridized carbons (Fsp3) is 0.273. The molecule has 1 aromatic heterocycles. The van der Waals surface area contributed by atoms with Crippen LogP contribution in [-0.4, -0.2) is 16.5 Å². The number of hydrogen-bond donors (Lipinski definition) is 1. The lowest BCUT2D eigenvalue weighted by molar-refractivity contribution is -0.479. The lowest BCUT2D eigenvalue weighted by Crippen LogP contribution is -2.03. The van der Waals surface area contributed by atoms with Crippen molar-refractivity contribution in [2.24, 2.45) is 0 Å². The molecule has 2 rings (SSSR count). The number of rotatable bonds is 3. The van der Waals surface area contributed by atoms with Crippen molar-refractivity contribution in [3.05, 3.63) is 45.6 Å². The molecule has 78 valence electrons. The minimum absolute atomic E-state index is 0.0130. The molecule has 4 heteroatoms. The molecule has 1 aromatic carbocycles. The quantitative estimate of drug-likeness (QED) is 0.616. The van der Waals surface area contributed by atoms with Gasteiger partial charge in [0.05, 0.1) is 0 Å². The van der Waals surface area contributed by atoms with E-state index < -0.39 is 0 Å². The second-order valence-electron chi connectivity index (χ2n) is 3.62. The molecule has 15 heavy (non-hydrogen) atoms. The first-order valence-corrected chi connectivity index (χ1v) is 4.86. The Morgan fingerprint density at radius 2 is 2.27 bits per heavy atom. The number of benzene rings is 1. The summed E-state index contributed by atoms with van der Waals surface area (Å²) in [4.78, 5) is 13.2. The molecule has 0 aliphatic rings. The fourth-order valence-electron chi connectivity index (χ4n) is 1.78. The van der Waals surface area contributed by atoms with E-state index in [9.17, 15) is 10.1 Å². The lowest BCUT2D eigenvalue weighted by Gasteiger charge is -1.97. The summed E-state index contributed by atoms with van der Waals surface area (Å²) in [6.07, 6.45) is 2.34. The predicted molar refractivity (Wildman–Crippen MR) is 58.6 cm³/mol. The highest BCUT2D eigenvalue weighted by Crippen LogP contribution is 2.21. The maximum atomic E-state index is 10.3. The average Bonchev–Trinajstić information content (AvgIpc) is 2.59. The van der Waals surface area contributed by atoms with Crippen molar-refractivity contribution < 1.29 is 4.92 Å². The Hall–Kier alpha value is -1.84. The van der Waals surface area contributed by atoms with Crippen molar-refractivity contribution in [3.63, 3.8) is 0 Å². The van der Waals surface area contributed by atoms with E-state index in [1.54, 1.807) is 0 Å². The first-order valence-electron chi connectivity index (χ1n) is 4.86. The third-order valence-corrected chi connectivity index (χ3v) is 2.57. The zero-order chi connectivity index (χ0) is 10.8. The van der Waals surface area contributed by atoms with Crippen molar-refractivity contribution in [2.45, 2.75) is 13.3 Å². The van der Waals surface area contributed by atoms with Gasteiger partial charge in [-0.25, -0.2) is 0 Å². The highest BCUT2D eigenvalue weighted by atomic mass is 16.6. The van der Waals surface area contributed by atoms with Crippen molar-refractivity contribution in [2.75, 3.05) is 6.54 Å². The molecule has 0 saturated carbocycles. The second kappa shape index (κ2) is 3.73. The molecular formula is C11H12N2O2. The SMILES string of the molecule is Cc1cccc2c(CC[N+](=O)[O-])c[nH]c12. The molecular weight excluding hydrogens is 192 g/mol. The molecule has 2 aromatic rings. The minimum atomic E-state index is -0.283. The molecule has 4 nitrogen and oxygen atoms in total. The number of nitrogens with one attached hydrogen (secondary N) is 1. The second-order valence-corrected chi connectivity index (χ2v) is 3.62. The van der Waals surface area contributed by atoms with Crippen LogP contribution in [0.3, 0.4) is 0 Å². The van der Waals surface area contributed by atoms with Crippen molar-refractivity contribution in [1.82, 2.24) is 4.98 Å². The topological polar surface area (TPSA) is 58.9 Å². The summed E-state index contributed by atoms with van der Waals surface area (Å²) in [5, 5.41) is 11.4. The van der Waals surface area contributed by atoms with Gasteiger partial charge in [0.1, 0.15) is 0 Å². The van der Waals surface area contributed by atoms with Crippen LogP contribution < -0.4 is 0 Å². The van der Waals surface area contributed by atoms with E-state index in [-0.39, 0.29) is 11.5 Å². The van der Waals surface area contributed by atoms with Gasteiger partial charge in [-0.2, -0.15) is 0 Å². The summed E-state index contributed by atoms with van der Waals surface area (Å²) in [5.74, 6) is 0. The highest BCUT2D eigenvalue weighted by Gasteiger charge is 2.07. The van der Waals surface area contributed by atoms with E-state index in [1.165, 1.54) is 5.56 Å². The number of aromatic amines is 1. The lowest BCUT2D eigenvalue weighted by atomic mass is 10.1. The maximum Gasteiger partial charge on any atom is 0.207 e. The zero-order valence-corrected chi connectivity index (χ0v) is 8.49. The van der Waals surface area contributed by atoms with Crippen LogP contribution in [-0.2, 0) is 6.42 Å². The molecule has 0 unspecified atom stereocenters. The molecule has 0 fully saturated rings. The van der Waals surface area contributed by atoms with Crippen LogP contribution in [0.15, 0.2) is 24.4 Å². The van der Waals surface area contributed by atoms with Crippen molar-refractivity contribution >= 4 is 10.9 Å². The number of nitrogens with zero attached hydrogens (tertiary/aromatic N) is 1. The molecule has 0 saturated heterocycles. The third-order valence-electron chi connectivity index (χ3n) is 2.57. The van der Waals surface area contributed by atoms with Gasteiger partial charge in [-0.15, -0.1) is 0 Å². The van der Waals surface area contributed by atoms with E-state index >= 15 is 0 Å². The Balaban J connectivity index is 2.37. The summed E-state index contributed by atoms with van der Waals surface area (Å²) >= 11 is 0. The Morgan fingerprint density at radius 1 is 1.47 bits per heavy atom. The van der Waals surface area contributed by atoms with E-state index in [2.05, 4.69) is 4.98 Å². The monoisotopic (exact) mass is 204 g/mol. The molecule has 0 aliphatic carbocycles. The number of fused-ring (bicyclic) bond motifs is 1. The Bertz CT molecular complexity index is 502. The van der Waals surface area contributed by atoms with Crippen LogP contribution in [0.25, 0.3) is 10.9 Å². The van der Waals surface area contributed by atoms with Gasteiger partial charge in [0.2, 0.25) is 6.54 Å². The first-order chi connectivity index (χ1) is 7.18. The number of para-hydroxylation sites is 1. The Labute approximate surface area is 87.1 Å². The molecule has 0 radical (unpaired) electrons. The molecule has 0 amide bonds. The van der Waals surface area contributed by atoms with Gasteiger partial charge in [0.15, 0.2) is 0 Å². The summed E-state index contributed by atoms with van der Waals surface area (Å²) in [5.41, 5.74) is 3.26. The van der Waals surface area contributed by atoms with Crippen molar-refractivity contribution in [3.8, 4) is 0 Å². The maximum absolute atomic E-state index is 10.3.